The molecule has 0 unspecified atom stereocenters. The van der Waals surface area contributed by atoms with Crippen LogP contribution in [0.4, 0.5) is 4.39 Å². The molecule has 0 aliphatic heterocycles. The SMILES string of the molecule is Cc1ccc(-c2nnnn2CCC(=O)O)c(F)c1. The molecule has 0 aliphatic rings. The summed E-state index contributed by atoms with van der Waals surface area (Å²) in [6.07, 6.45) is -0.120. The van der Waals surface area contributed by atoms with Crippen molar-refractivity contribution in [1.29, 1.82) is 0 Å². The maximum atomic E-state index is 13.8. The lowest BCUT2D eigenvalue weighted by molar-refractivity contribution is -0.137. The molecule has 1 aromatic carbocycles. The number of carbonyl (C=O) groups is 1. The van der Waals surface area contributed by atoms with Gasteiger partial charge in [-0.15, -0.1) is 5.10 Å². The van der Waals surface area contributed by atoms with Crippen LogP contribution in [0.5, 0.6) is 0 Å². The third-order valence-electron chi connectivity index (χ3n) is 2.43. The minimum absolute atomic E-state index is 0.102. The van der Waals surface area contributed by atoms with Crippen LogP contribution in [0.1, 0.15) is 12.0 Å². The van der Waals surface area contributed by atoms with Crippen molar-refractivity contribution in [2.24, 2.45) is 0 Å². The first kappa shape index (κ1) is 12.2. The lowest BCUT2D eigenvalue weighted by Gasteiger charge is -2.04. The van der Waals surface area contributed by atoms with E-state index in [1.54, 1.807) is 19.1 Å². The van der Waals surface area contributed by atoms with Gasteiger partial charge in [0.15, 0.2) is 5.82 Å². The Bertz CT molecular complexity index is 582. The highest BCUT2D eigenvalue weighted by atomic mass is 19.1. The van der Waals surface area contributed by atoms with Crippen molar-refractivity contribution in [1.82, 2.24) is 20.2 Å². The molecular weight excluding hydrogens is 239 g/mol. The van der Waals surface area contributed by atoms with Gasteiger partial charge in [-0.05, 0) is 35.0 Å². The molecule has 1 heterocycles. The van der Waals surface area contributed by atoms with E-state index in [2.05, 4.69) is 15.5 Å². The van der Waals surface area contributed by atoms with Crippen LogP contribution in [0.25, 0.3) is 11.4 Å². The van der Waals surface area contributed by atoms with Crippen molar-refractivity contribution >= 4 is 5.97 Å². The van der Waals surface area contributed by atoms with Gasteiger partial charge in [0.05, 0.1) is 18.5 Å². The number of hydrogen-bond acceptors (Lipinski definition) is 4. The molecule has 2 aromatic rings. The van der Waals surface area contributed by atoms with Crippen LogP contribution in [-0.4, -0.2) is 31.3 Å². The molecule has 94 valence electrons. The summed E-state index contributed by atoms with van der Waals surface area (Å²) in [6, 6.07) is 4.70. The zero-order valence-corrected chi connectivity index (χ0v) is 9.67. The summed E-state index contributed by atoms with van der Waals surface area (Å²) in [5, 5.41) is 19.4. The summed E-state index contributed by atoms with van der Waals surface area (Å²) in [6.45, 7) is 1.88. The molecule has 0 bridgehead atoms. The van der Waals surface area contributed by atoms with Gasteiger partial charge in [-0.3, -0.25) is 4.79 Å². The van der Waals surface area contributed by atoms with Gasteiger partial charge in [0.25, 0.3) is 0 Å². The van der Waals surface area contributed by atoms with Crippen LogP contribution in [-0.2, 0) is 11.3 Å². The Hall–Kier alpha value is -2.31. The topological polar surface area (TPSA) is 80.9 Å². The predicted octanol–water partition coefficient (Wildman–Crippen LogP) is 1.26. The van der Waals surface area contributed by atoms with Crippen molar-refractivity contribution in [2.75, 3.05) is 0 Å². The molecule has 1 N–H and O–H groups in total. The Morgan fingerprint density at radius 2 is 2.28 bits per heavy atom. The Morgan fingerprint density at radius 1 is 1.50 bits per heavy atom. The summed E-state index contributed by atoms with van der Waals surface area (Å²) in [5.41, 5.74) is 1.05. The number of nitrogens with zero attached hydrogens (tertiary/aromatic N) is 4. The zero-order chi connectivity index (χ0) is 13.1. The highest BCUT2D eigenvalue weighted by molar-refractivity contribution is 5.66. The maximum Gasteiger partial charge on any atom is 0.305 e. The van der Waals surface area contributed by atoms with E-state index < -0.39 is 11.8 Å². The summed E-state index contributed by atoms with van der Waals surface area (Å²) < 4.78 is 15.0. The zero-order valence-electron chi connectivity index (χ0n) is 9.67. The number of rotatable bonds is 4. The second-order valence-corrected chi connectivity index (χ2v) is 3.85. The number of aliphatic carboxylic acids is 1. The van der Waals surface area contributed by atoms with E-state index in [0.717, 1.165) is 5.56 Å². The average molecular weight is 250 g/mol. The van der Waals surface area contributed by atoms with Gasteiger partial charge in [0.1, 0.15) is 5.82 Å². The summed E-state index contributed by atoms with van der Waals surface area (Å²) in [4.78, 5) is 10.5. The predicted molar refractivity (Wildman–Crippen MR) is 60.2 cm³/mol. The smallest absolute Gasteiger partial charge is 0.305 e. The molecule has 0 saturated heterocycles. The molecule has 1 aromatic heterocycles. The first-order valence-electron chi connectivity index (χ1n) is 5.32. The molecule has 0 atom stereocenters. The number of benzene rings is 1. The van der Waals surface area contributed by atoms with E-state index >= 15 is 0 Å². The van der Waals surface area contributed by atoms with Crippen molar-refractivity contribution in [2.45, 2.75) is 19.9 Å². The highest BCUT2D eigenvalue weighted by Crippen LogP contribution is 2.20. The van der Waals surface area contributed by atoms with E-state index in [-0.39, 0.29) is 24.4 Å². The molecule has 6 nitrogen and oxygen atoms in total. The van der Waals surface area contributed by atoms with Crippen molar-refractivity contribution < 1.29 is 14.3 Å². The van der Waals surface area contributed by atoms with Crippen molar-refractivity contribution in [3.05, 3.63) is 29.6 Å². The Labute approximate surface area is 102 Å². The van der Waals surface area contributed by atoms with E-state index in [9.17, 15) is 9.18 Å². The summed E-state index contributed by atoms with van der Waals surface area (Å²) >= 11 is 0. The average Bonchev–Trinajstić information content (AvgIpc) is 2.74. The van der Waals surface area contributed by atoms with Crippen LogP contribution in [0.3, 0.4) is 0 Å². The quantitative estimate of drug-likeness (QED) is 0.883. The number of carboxylic acids is 1. The van der Waals surface area contributed by atoms with E-state index in [1.807, 2.05) is 0 Å². The van der Waals surface area contributed by atoms with Gasteiger partial charge in [-0.25, -0.2) is 9.07 Å². The number of carboxylic acid groups (broad SMARTS) is 1. The maximum absolute atomic E-state index is 13.8. The summed E-state index contributed by atoms with van der Waals surface area (Å²) in [5.74, 6) is -1.16. The van der Waals surface area contributed by atoms with Crippen LogP contribution < -0.4 is 0 Å². The number of aryl methyl sites for hydroxylation is 2. The third kappa shape index (κ3) is 2.50. The van der Waals surface area contributed by atoms with E-state index in [0.29, 0.717) is 0 Å². The van der Waals surface area contributed by atoms with Gasteiger partial charge in [-0.2, -0.15) is 0 Å². The van der Waals surface area contributed by atoms with E-state index in [4.69, 9.17) is 5.11 Å². The lowest BCUT2D eigenvalue weighted by atomic mass is 10.1. The minimum atomic E-state index is -0.958. The normalized spacial score (nSPS) is 10.6. The Morgan fingerprint density at radius 3 is 2.94 bits per heavy atom. The van der Waals surface area contributed by atoms with Crippen LogP contribution in [0, 0.1) is 12.7 Å². The van der Waals surface area contributed by atoms with Crippen LogP contribution >= 0.6 is 0 Å². The monoisotopic (exact) mass is 250 g/mol. The third-order valence-corrected chi connectivity index (χ3v) is 2.43. The number of hydrogen-bond donors (Lipinski definition) is 1. The highest BCUT2D eigenvalue weighted by Gasteiger charge is 2.14. The fraction of sp³-hybridized carbons (Fsp3) is 0.273. The standard InChI is InChI=1S/C11H11FN4O2/c1-7-2-3-8(9(12)6-7)11-13-14-15-16(11)5-4-10(17)18/h2-3,6H,4-5H2,1H3,(H,17,18). The van der Waals surface area contributed by atoms with Gasteiger partial charge in [0, 0.05) is 0 Å². The fourth-order valence-corrected chi connectivity index (χ4v) is 1.55. The second kappa shape index (κ2) is 4.91. The Balaban J connectivity index is 2.33. The summed E-state index contributed by atoms with van der Waals surface area (Å²) in [7, 11) is 0. The largest absolute Gasteiger partial charge is 0.481 e. The van der Waals surface area contributed by atoms with Crippen molar-refractivity contribution in [3.63, 3.8) is 0 Å². The van der Waals surface area contributed by atoms with Gasteiger partial charge < -0.3 is 5.11 Å². The van der Waals surface area contributed by atoms with Crippen molar-refractivity contribution in [3.8, 4) is 11.4 Å². The molecule has 2 rings (SSSR count). The molecule has 0 aliphatic carbocycles. The van der Waals surface area contributed by atoms with Gasteiger partial charge in [0.2, 0.25) is 0 Å². The molecular formula is C11H11FN4O2. The molecule has 18 heavy (non-hydrogen) atoms. The van der Waals surface area contributed by atoms with Gasteiger partial charge in [-0.1, -0.05) is 6.07 Å². The molecule has 0 radical (unpaired) electrons. The van der Waals surface area contributed by atoms with Crippen LogP contribution in [0.2, 0.25) is 0 Å². The molecule has 0 spiro atoms. The lowest BCUT2D eigenvalue weighted by Crippen LogP contribution is -2.08. The number of halogens is 1. The number of aromatic nitrogens is 4. The molecule has 0 saturated carbocycles. The first-order chi connectivity index (χ1) is 8.58. The fourth-order valence-electron chi connectivity index (χ4n) is 1.55. The molecule has 0 amide bonds. The molecule has 7 heteroatoms. The van der Waals surface area contributed by atoms with Gasteiger partial charge >= 0.3 is 5.97 Å². The Kier molecular flexibility index (Phi) is 3.31. The molecule has 0 fully saturated rings. The van der Waals surface area contributed by atoms with E-state index in [1.165, 1.54) is 10.7 Å². The second-order valence-electron chi connectivity index (χ2n) is 3.85. The first-order valence-corrected chi connectivity index (χ1v) is 5.32. The van der Waals surface area contributed by atoms with Crippen LogP contribution in [0.15, 0.2) is 18.2 Å². The number of tetrazole rings is 1. The minimum Gasteiger partial charge on any atom is -0.481 e.